The van der Waals surface area contributed by atoms with Crippen LogP contribution in [0.5, 0.6) is 0 Å². The highest BCUT2D eigenvalue weighted by Crippen LogP contribution is 2.64. The molecule has 0 aromatic carbocycles. The van der Waals surface area contributed by atoms with Crippen molar-refractivity contribution >= 4 is 5.97 Å². The fraction of sp³-hybridized carbons (Fsp3) is 0.769. The van der Waals surface area contributed by atoms with Crippen molar-refractivity contribution in [3.8, 4) is 0 Å². The number of fused-ring (bicyclic) bond motifs is 1. The van der Waals surface area contributed by atoms with E-state index in [1.807, 2.05) is 0 Å². The van der Waals surface area contributed by atoms with Gasteiger partial charge in [0, 0.05) is 6.42 Å². The van der Waals surface area contributed by atoms with E-state index in [9.17, 15) is 4.79 Å². The number of hydrogen-bond acceptors (Lipinski definition) is 3. The van der Waals surface area contributed by atoms with Crippen molar-refractivity contribution in [2.45, 2.75) is 32.1 Å². The van der Waals surface area contributed by atoms with Crippen molar-refractivity contribution in [1.82, 2.24) is 0 Å². The Hall–Kier alpha value is -0.870. The summed E-state index contributed by atoms with van der Waals surface area (Å²) in [6.07, 6.45) is 5.92. The van der Waals surface area contributed by atoms with Crippen molar-refractivity contribution in [2.75, 3.05) is 0 Å². The topological polar surface area (TPSA) is 89.3 Å². The molecule has 3 fully saturated rings. The van der Waals surface area contributed by atoms with E-state index in [1.165, 1.54) is 25.7 Å². The van der Waals surface area contributed by atoms with Gasteiger partial charge in [0.15, 0.2) is 0 Å². The van der Waals surface area contributed by atoms with Gasteiger partial charge in [-0.2, -0.15) is 0 Å². The van der Waals surface area contributed by atoms with Crippen molar-refractivity contribution < 1.29 is 9.90 Å². The first-order chi connectivity index (χ1) is 8.25. The van der Waals surface area contributed by atoms with Crippen LogP contribution in [-0.2, 0) is 4.79 Å². The zero-order valence-corrected chi connectivity index (χ0v) is 10.3. The number of hydrogen-bond donors (Lipinski definition) is 3. The molecule has 3 saturated carbocycles. The second-order valence-corrected chi connectivity index (χ2v) is 5.17. The molecule has 0 radical (unpaired) electrons. The molecule has 17 heavy (non-hydrogen) atoms. The van der Waals surface area contributed by atoms with Crippen molar-refractivity contribution in [2.24, 2.45) is 41.3 Å². The highest BCUT2D eigenvalue weighted by atomic mass is 16.4. The van der Waals surface area contributed by atoms with Crippen LogP contribution in [0.25, 0.3) is 0 Å². The monoisotopic (exact) mass is 240 g/mol. The lowest BCUT2D eigenvalue weighted by molar-refractivity contribution is -0.142. The molecule has 2 unspecified atom stereocenters. The van der Waals surface area contributed by atoms with E-state index < -0.39 is 5.97 Å². The maximum absolute atomic E-state index is 10.7. The van der Waals surface area contributed by atoms with Crippen molar-refractivity contribution in [3.63, 3.8) is 0 Å². The average molecular weight is 240 g/mol. The average Bonchev–Trinajstić information content (AvgIpc) is 2.51. The Balaban J connectivity index is 0.000000330. The van der Waals surface area contributed by atoms with Gasteiger partial charge in [-0.05, 0) is 48.9 Å². The number of carboxylic acid groups (broad SMARTS) is 1. The number of hydrazine groups is 1. The van der Waals surface area contributed by atoms with Crippen molar-refractivity contribution in [3.05, 3.63) is 13.2 Å². The molecule has 0 spiro atoms. The van der Waals surface area contributed by atoms with Crippen LogP contribution < -0.4 is 11.7 Å². The van der Waals surface area contributed by atoms with Gasteiger partial charge in [0.2, 0.25) is 0 Å². The van der Waals surface area contributed by atoms with Crippen LogP contribution in [0, 0.1) is 29.6 Å². The van der Waals surface area contributed by atoms with Gasteiger partial charge < -0.3 is 5.11 Å². The molecule has 0 saturated heterocycles. The quantitative estimate of drug-likeness (QED) is 0.390. The standard InChI is InChI=1S/C11H16O2.C2H4.H4N2/c12-11(13)5-10-7-2-1-6-3-8(7)9(10)4-6;2*1-2/h6-10H,1-5H2,(H,12,13);2*1-2H2/t6?,7-,8?,9+,10-;;/m0../s1. The summed E-state index contributed by atoms with van der Waals surface area (Å²) in [6.45, 7) is 6.00. The van der Waals surface area contributed by atoms with E-state index in [0.717, 1.165) is 23.7 Å². The van der Waals surface area contributed by atoms with Gasteiger partial charge in [0.1, 0.15) is 0 Å². The van der Waals surface area contributed by atoms with E-state index in [1.54, 1.807) is 0 Å². The Labute approximate surface area is 103 Å². The molecule has 3 rings (SSSR count). The Morgan fingerprint density at radius 1 is 1.12 bits per heavy atom. The van der Waals surface area contributed by atoms with Gasteiger partial charge in [0.05, 0.1) is 0 Å². The van der Waals surface area contributed by atoms with Gasteiger partial charge in [-0.1, -0.05) is 6.42 Å². The van der Waals surface area contributed by atoms with E-state index in [2.05, 4.69) is 24.8 Å². The van der Waals surface area contributed by atoms with Gasteiger partial charge in [-0.3, -0.25) is 16.5 Å². The van der Waals surface area contributed by atoms with Crippen LogP contribution in [0.3, 0.4) is 0 Å². The fourth-order valence-corrected chi connectivity index (χ4v) is 4.29. The largest absolute Gasteiger partial charge is 0.481 e. The molecule has 98 valence electrons. The predicted molar refractivity (Wildman–Crippen MR) is 67.8 cm³/mol. The summed E-state index contributed by atoms with van der Waals surface area (Å²) in [5.41, 5.74) is 0. The Bertz CT molecular complexity index is 264. The smallest absolute Gasteiger partial charge is 0.303 e. The second-order valence-electron chi connectivity index (χ2n) is 5.17. The lowest BCUT2D eigenvalue weighted by Gasteiger charge is -2.49. The Kier molecular flexibility index (Phi) is 5.15. The summed E-state index contributed by atoms with van der Waals surface area (Å²) in [6, 6.07) is 0. The zero-order chi connectivity index (χ0) is 13.0. The normalized spacial score (nSPS) is 40.0. The molecule has 0 aromatic heterocycles. The van der Waals surface area contributed by atoms with Gasteiger partial charge >= 0.3 is 5.97 Å². The van der Waals surface area contributed by atoms with E-state index in [4.69, 9.17) is 5.11 Å². The van der Waals surface area contributed by atoms with Crippen LogP contribution in [0.4, 0.5) is 0 Å². The molecule has 5 atom stereocenters. The van der Waals surface area contributed by atoms with E-state index in [-0.39, 0.29) is 0 Å². The van der Waals surface area contributed by atoms with Crippen LogP contribution in [0.15, 0.2) is 13.2 Å². The minimum atomic E-state index is -0.584. The minimum absolute atomic E-state index is 0.443. The zero-order valence-electron chi connectivity index (χ0n) is 10.3. The number of rotatable bonds is 2. The number of carbonyl (C=O) groups is 1. The molecule has 0 amide bonds. The number of carboxylic acids is 1. The summed E-state index contributed by atoms with van der Waals surface area (Å²) in [7, 11) is 0. The molecular formula is C13H24N2O2. The highest BCUT2D eigenvalue weighted by Gasteiger charge is 2.57. The molecule has 4 nitrogen and oxygen atoms in total. The second kappa shape index (κ2) is 6.17. The maximum atomic E-state index is 10.7. The van der Waals surface area contributed by atoms with E-state index >= 15 is 0 Å². The Morgan fingerprint density at radius 2 is 1.71 bits per heavy atom. The molecular weight excluding hydrogens is 216 g/mol. The molecule has 4 heteroatoms. The van der Waals surface area contributed by atoms with Gasteiger partial charge in [-0.15, -0.1) is 13.2 Å². The molecule has 0 heterocycles. The van der Waals surface area contributed by atoms with Crippen LogP contribution in [0.2, 0.25) is 0 Å². The molecule has 3 aliphatic carbocycles. The molecule has 2 bridgehead atoms. The fourth-order valence-electron chi connectivity index (χ4n) is 4.29. The summed E-state index contributed by atoms with van der Waals surface area (Å²) in [5, 5.41) is 8.80. The third-order valence-corrected chi connectivity index (χ3v) is 4.73. The first kappa shape index (κ1) is 14.2. The Morgan fingerprint density at radius 3 is 2.29 bits per heavy atom. The molecule has 5 N–H and O–H groups in total. The summed E-state index contributed by atoms with van der Waals surface area (Å²) in [4.78, 5) is 10.7. The number of aliphatic carboxylic acids is 1. The lowest BCUT2D eigenvalue weighted by atomic mass is 9.55. The summed E-state index contributed by atoms with van der Waals surface area (Å²) >= 11 is 0. The summed E-state index contributed by atoms with van der Waals surface area (Å²) in [5.74, 6) is 11.5. The van der Waals surface area contributed by atoms with Gasteiger partial charge in [0.25, 0.3) is 0 Å². The first-order valence-electron chi connectivity index (χ1n) is 6.31. The third-order valence-electron chi connectivity index (χ3n) is 4.73. The third kappa shape index (κ3) is 2.53. The van der Waals surface area contributed by atoms with Crippen LogP contribution in [0.1, 0.15) is 32.1 Å². The maximum Gasteiger partial charge on any atom is 0.303 e. The van der Waals surface area contributed by atoms with Crippen molar-refractivity contribution in [1.29, 1.82) is 0 Å². The lowest BCUT2D eigenvalue weighted by Crippen LogP contribution is -2.44. The van der Waals surface area contributed by atoms with Gasteiger partial charge in [-0.25, -0.2) is 0 Å². The van der Waals surface area contributed by atoms with E-state index in [0.29, 0.717) is 12.3 Å². The summed E-state index contributed by atoms with van der Waals surface area (Å²) < 4.78 is 0. The highest BCUT2D eigenvalue weighted by molar-refractivity contribution is 5.67. The molecule has 0 aliphatic heterocycles. The first-order valence-corrected chi connectivity index (χ1v) is 6.31. The predicted octanol–water partition coefficient (Wildman–Crippen LogP) is 1.76. The minimum Gasteiger partial charge on any atom is -0.481 e. The molecule has 3 aliphatic rings. The van der Waals surface area contributed by atoms with Crippen LogP contribution >= 0.6 is 0 Å². The SMILES string of the molecule is C=C.NN.O=C(O)C[C@@H]1[C@@H]2CC3CC[C@H]1C2C3. The number of nitrogens with two attached hydrogens (primary N) is 2. The van der Waals surface area contributed by atoms with Crippen LogP contribution in [-0.4, -0.2) is 11.1 Å². The molecule has 0 aromatic rings.